The third kappa shape index (κ3) is 5.32. The van der Waals surface area contributed by atoms with Crippen LogP contribution in [0.1, 0.15) is 47.0 Å². The Labute approximate surface area is 206 Å². The molecule has 3 rings (SSSR count). The van der Waals surface area contributed by atoms with Crippen molar-refractivity contribution < 1.29 is 23.2 Å². The van der Waals surface area contributed by atoms with Gasteiger partial charge in [0.1, 0.15) is 6.29 Å². The number of primary amides is 1. The molecule has 0 aliphatic carbocycles. The van der Waals surface area contributed by atoms with Gasteiger partial charge in [-0.25, -0.2) is 0 Å². The van der Waals surface area contributed by atoms with E-state index < -0.39 is 19.2 Å². The van der Waals surface area contributed by atoms with E-state index in [4.69, 9.17) is 14.8 Å². The molecule has 2 aromatic carbocycles. The van der Waals surface area contributed by atoms with Gasteiger partial charge in [0.05, 0.1) is 12.1 Å². The van der Waals surface area contributed by atoms with E-state index in [1.54, 1.807) is 6.08 Å². The first kappa shape index (κ1) is 26.6. The number of aldehydes is 1. The van der Waals surface area contributed by atoms with E-state index in [9.17, 15) is 14.2 Å². The molecule has 2 N–H and O–H groups in total. The Hall–Kier alpha value is -2.99. The van der Waals surface area contributed by atoms with Crippen molar-refractivity contribution in [3.63, 3.8) is 0 Å². The van der Waals surface area contributed by atoms with Gasteiger partial charge in [0, 0.05) is 43.8 Å². The van der Waals surface area contributed by atoms with Crippen molar-refractivity contribution >= 4 is 30.7 Å². The minimum Gasteiger partial charge on any atom is -0.369 e. The number of rotatable bonds is 13. The lowest BCUT2D eigenvalue weighted by atomic mass is 9.93. The highest BCUT2D eigenvalue weighted by Crippen LogP contribution is 2.62. The maximum Gasteiger partial charge on any atom is 0.337 e. The third-order valence-electron chi connectivity index (χ3n) is 6.38. The molecule has 0 saturated heterocycles. The summed E-state index contributed by atoms with van der Waals surface area (Å²) in [4.78, 5) is 23.8. The highest BCUT2D eigenvalue weighted by Gasteiger charge is 2.37. The fourth-order valence-electron chi connectivity index (χ4n) is 4.90. The number of carbonyl (C=O) groups excluding carboxylic acids is 2. The lowest BCUT2D eigenvalue weighted by Gasteiger charge is -2.25. The second kappa shape index (κ2) is 11.6. The summed E-state index contributed by atoms with van der Waals surface area (Å²) in [6, 6.07) is 13.9. The normalized spacial score (nSPS) is 12.5. The molecule has 0 aliphatic heterocycles. The van der Waals surface area contributed by atoms with E-state index >= 15 is 0 Å². The number of aromatic nitrogens is 1. The van der Waals surface area contributed by atoms with Gasteiger partial charge >= 0.3 is 7.60 Å². The minimum absolute atomic E-state index is 0.0366. The Morgan fingerprint density at radius 2 is 1.83 bits per heavy atom. The van der Waals surface area contributed by atoms with Crippen LogP contribution in [0.2, 0.25) is 0 Å². The van der Waals surface area contributed by atoms with E-state index in [0.717, 1.165) is 39.6 Å². The lowest BCUT2D eigenvalue weighted by molar-refractivity contribution is -0.117. The summed E-state index contributed by atoms with van der Waals surface area (Å²) in [7, 11) is -0.997. The zero-order valence-electron chi connectivity index (χ0n) is 20.5. The summed E-state index contributed by atoms with van der Waals surface area (Å²) in [6.07, 6.45) is 3.65. The van der Waals surface area contributed by atoms with Gasteiger partial charge in [0.15, 0.2) is 0 Å². The SMILES string of the molecule is C=CCc1c(C(CC=O)P(=O)(OC)OC)ccc2c1c(CC(N)=O)c(CC)n2Cc1ccccc1. The topological polar surface area (TPSA) is 101 Å². The van der Waals surface area contributed by atoms with E-state index in [-0.39, 0.29) is 12.8 Å². The summed E-state index contributed by atoms with van der Waals surface area (Å²) >= 11 is 0. The molecular formula is C27H33N2O5P. The predicted octanol–water partition coefficient (Wildman–Crippen LogP) is 5.12. The number of hydrogen-bond donors (Lipinski definition) is 1. The van der Waals surface area contributed by atoms with Crippen LogP contribution in [0.4, 0.5) is 0 Å². The van der Waals surface area contributed by atoms with E-state index in [1.165, 1.54) is 14.2 Å². The Balaban J connectivity index is 2.40. The Morgan fingerprint density at radius 1 is 1.14 bits per heavy atom. The van der Waals surface area contributed by atoms with Gasteiger partial charge in [-0.3, -0.25) is 9.36 Å². The van der Waals surface area contributed by atoms with E-state index in [1.807, 2.05) is 37.3 Å². The summed E-state index contributed by atoms with van der Waals surface area (Å²) in [6.45, 7) is 6.59. The molecule has 186 valence electrons. The summed E-state index contributed by atoms with van der Waals surface area (Å²) in [5.41, 5.74) is 10.3. The number of nitrogens with two attached hydrogens (primary N) is 1. The third-order valence-corrected chi connectivity index (χ3v) is 8.65. The second-order valence-corrected chi connectivity index (χ2v) is 10.8. The molecule has 1 amide bonds. The molecule has 0 aliphatic rings. The molecule has 1 unspecified atom stereocenters. The van der Waals surface area contributed by atoms with Crippen molar-refractivity contribution in [1.82, 2.24) is 4.57 Å². The molecular weight excluding hydrogens is 463 g/mol. The number of amides is 1. The Bertz CT molecular complexity index is 1260. The first-order chi connectivity index (χ1) is 16.8. The number of nitrogens with zero attached hydrogens (tertiary/aromatic N) is 1. The largest absolute Gasteiger partial charge is 0.369 e. The first-order valence-electron chi connectivity index (χ1n) is 11.6. The fraction of sp³-hybridized carbons (Fsp3) is 0.333. The molecule has 3 aromatic rings. The average Bonchev–Trinajstić information content (AvgIpc) is 3.15. The van der Waals surface area contributed by atoms with E-state index in [0.29, 0.717) is 24.9 Å². The highest BCUT2D eigenvalue weighted by molar-refractivity contribution is 7.54. The summed E-state index contributed by atoms with van der Waals surface area (Å²) in [5.74, 6) is -0.433. The van der Waals surface area contributed by atoms with Gasteiger partial charge in [-0.15, -0.1) is 6.58 Å². The molecule has 0 radical (unpaired) electrons. The molecule has 1 heterocycles. The van der Waals surface area contributed by atoms with Crippen LogP contribution in [0.15, 0.2) is 55.1 Å². The molecule has 0 saturated carbocycles. The Kier molecular flexibility index (Phi) is 8.84. The van der Waals surface area contributed by atoms with Crippen LogP contribution in [0.3, 0.4) is 0 Å². The predicted molar refractivity (Wildman–Crippen MR) is 139 cm³/mol. The van der Waals surface area contributed by atoms with Crippen LogP contribution in [0, 0.1) is 0 Å². The van der Waals surface area contributed by atoms with Gasteiger partial charge in [0.2, 0.25) is 5.91 Å². The maximum atomic E-state index is 13.5. The molecule has 1 atom stereocenters. The molecule has 8 heteroatoms. The van der Waals surface area contributed by atoms with Crippen molar-refractivity contribution in [2.24, 2.45) is 5.73 Å². The van der Waals surface area contributed by atoms with Gasteiger partial charge < -0.3 is 24.1 Å². The van der Waals surface area contributed by atoms with Gasteiger partial charge in [-0.2, -0.15) is 0 Å². The van der Waals surface area contributed by atoms with Crippen LogP contribution >= 0.6 is 7.60 Å². The van der Waals surface area contributed by atoms with Crippen LogP contribution in [-0.4, -0.2) is 31.0 Å². The van der Waals surface area contributed by atoms with Crippen LogP contribution < -0.4 is 5.73 Å². The molecule has 0 bridgehead atoms. The smallest absolute Gasteiger partial charge is 0.337 e. The molecule has 7 nitrogen and oxygen atoms in total. The number of hydrogen-bond acceptors (Lipinski definition) is 5. The van der Waals surface area contributed by atoms with Crippen molar-refractivity contribution in [2.45, 2.75) is 44.8 Å². The summed E-state index contributed by atoms with van der Waals surface area (Å²) < 4.78 is 26.3. The van der Waals surface area contributed by atoms with Crippen molar-refractivity contribution in [1.29, 1.82) is 0 Å². The summed E-state index contributed by atoms with van der Waals surface area (Å²) in [5, 5.41) is 0.878. The van der Waals surface area contributed by atoms with Crippen LogP contribution in [-0.2, 0) is 49.0 Å². The zero-order chi connectivity index (χ0) is 25.6. The monoisotopic (exact) mass is 496 g/mol. The maximum absolute atomic E-state index is 13.5. The van der Waals surface area contributed by atoms with Crippen molar-refractivity contribution in [3.05, 3.63) is 83.1 Å². The highest BCUT2D eigenvalue weighted by atomic mass is 31.2. The van der Waals surface area contributed by atoms with Gasteiger partial charge in [-0.05, 0) is 41.2 Å². The number of benzene rings is 2. The van der Waals surface area contributed by atoms with Gasteiger partial charge in [-0.1, -0.05) is 49.4 Å². The number of fused-ring (bicyclic) bond motifs is 1. The second-order valence-electron chi connectivity index (χ2n) is 8.34. The molecule has 0 fully saturated rings. The van der Waals surface area contributed by atoms with Gasteiger partial charge in [0.25, 0.3) is 0 Å². The fourth-order valence-corrected chi connectivity index (χ4v) is 6.49. The first-order valence-corrected chi connectivity index (χ1v) is 13.2. The Morgan fingerprint density at radius 3 is 2.37 bits per heavy atom. The zero-order valence-corrected chi connectivity index (χ0v) is 21.4. The van der Waals surface area contributed by atoms with Crippen LogP contribution in [0.25, 0.3) is 10.9 Å². The quantitative estimate of drug-likeness (QED) is 0.201. The standard InChI is InChI=1S/C27H33N2O5P/c1-5-10-21-20(25(15-16-30)35(32,33-3)34-4)13-14-24-27(21)22(17-26(28)31)23(6-2)29(24)18-19-11-8-7-9-12-19/h5,7-9,11-14,16,25H,1,6,10,15,17-18H2,2-4H3,(H2,28,31). The van der Waals surface area contributed by atoms with Crippen LogP contribution in [0.5, 0.6) is 0 Å². The van der Waals surface area contributed by atoms with E-state index in [2.05, 4.69) is 23.3 Å². The van der Waals surface area contributed by atoms with Crippen molar-refractivity contribution in [2.75, 3.05) is 14.2 Å². The van der Waals surface area contributed by atoms with Crippen molar-refractivity contribution in [3.8, 4) is 0 Å². The molecule has 35 heavy (non-hydrogen) atoms. The average molecular weight is 497 g/mol. The lowest BCUT2D eigenvalue weighted by Crippen LogP contribution is -2.15. The number of carbonyl (C=O) groups is 2. The molecule has 1 aromatic heterocycles. The minimum atomic E-state index is -3.63. The molecule has 0 spiro atoms. The number of allylic oxidation sites excluding steroid dienone is 1.